The molecule has 0 radical (unpaired) electrons. The lowest BCUT2D eigenvalue weighted by atomic mass is 10.1. The molecule has 0 fully saturated rings. The van der Waals surface area contributed by atoms with Crippen molar-refractivity contribution in [3.8, 4) is 5.69 Å². The first-order valence-electron chi connectivity index (χ1n) is 7.31. The smallest absolute Gasteiger partial charge is 0.0680 e. The van der Waals surface area contributed by atoms with Crippen molar-refractivity contribution in [2.45, 2.75) is 41.2 Å². The quantitative estimate of drug-likeness (QED) is 0.901. The number of aromatic nitrogens is 2. The van der Waals surface area contributed by atoms with Gasteiger partial charge in [-0.05, 0) is 50.4 Å². The second-order valence-electron chi connectivity index (χ2n) is 5.91. The molecule has 20 heavy (non-hydrogen) atoms. The largest absolute Gasteiger partial charge is 0.312 e. The van der Waals surface area contributed by atoms with Gasteiger partial charge in [0.2, 0.25) is 0 Å². The molecule has 0 aliphatic heterocycles. The van der Waals surface area contributed by atoms with Gasteiger partial charge < -0.3 is 5.32 Å². The van der Waals surface area contributed by atoms with Crippen molar-refractivity contribution in [1.82, 2.24) is 15.1 Å². The van der Waals surface area contributed by atoms with Crippen LogP contribution in [0.25, 0.3) is 5.69 Å². The average molecular weight is 271 g/mol. The summed E-state index contributed by atoms with van der Waals surface area (Å²) in [7, 11) is 0. The standard InChI is InChI=1S/C17H25N3/c1-12(2)9-18-10-16-11-19-20(15(16)5)17-8-6-7-13(3)14(17)4/h6-8,11-12,18H,9-10H2,1-5H3. The van der Waals surface area contributed by atoms with Crippen LogP contribution in [0.1, 0.15) is 36.2 Å². The number of hydrogen-bond acceptors (Lipinski definition) is 2. The first-order valence-corrected chi connectivity index (χ1v) is 7.31. The van der Waals surface area contributed by atoms with Gasteiger partial charge >= 0.3 is 0 Å². The lowest BCUT2D eigenvalue weighted by Crippen LogP contribution is -2.19. The molecule has 3 heteroatoms. The van der Waals surface area contributed by atoms with Crippen molar-refractivity contribution in [1.29, 1.82) is 0 Å². The van der Waals surface area contributed by atoms with E-state index in [2.05, 4.69) is 67.9 Å². The highest BCUT2D eigenvalue weighted by Crippen LogP contribution is 2.20. The minimum absolute atomic E-state index is 0.671. The molecule has 1 N–H and O–H groups in total. The fraction of sp³-hybridized carbons (Fsp3) is 0.471. The maximum atomic E-state index is 4.56. The molecule has 108 valence electrons. The Morgan fingerprint density at radius 2 is 1.95 bits per heavy atom. The van der Waals surface area contributed by atoms with E-state index in [0.29, 0.717) is 5.92 Å². The summed E-state index contributed by atoms with van der Waals surface area (Å²) < 4.78 is 2.05. The van der Waals surface area contributed by atoms with Crippen LogP contribution < -0.4 is 5.32 Å². The van der Waals surface area contributed by atoms with Gasteiger partial charge in [-0.25, -0.2) is 4.68 Å². The summed E-state index contributed by atoms with van der Waals surface area (Å²) >= 11 is 0. The van der Waals surface area contributed by atoms with Crippen LogP contribution in [0.4, 0.5) is 0 Å². The normalized spacial score (nSPS) is 11.3. The van der Waals surface area contributed by atoms with Crippen LogP contribution >= 0.6 is 0 Å². The van der Waals surface area contributed by atoms with E-state index in [1.165, 1.54) is 28.1 Å². The highest BCUT2D eigenvalue weighted by molar-refractivity contribution is 5.45. The Morgan fingerprint density at radius 1 is 1.20 bits per heavy atom. The molecular weight excluding hydrogens is 246 g/mol. The van der Waals surface area contributed by atoms with Crippen molar-refractivity contribution >= 4 is 0 Å². The molecule has 1 aromatic carbocycles. The van der Waals surface area contributed by atoms with Crippen molar-refractivity contribution in [2.24, 2.45) is 5.92 Å². The Kier molecular flexibility index (Phi) is 4.61. The van der Waals surface area contributed by atoms with Crippen molar-refractivity contribution in [2.75, 3.05) is 6.54 Å². The summed E-state index contributed by atoms with van der Waals surface area (Å²) in [6, 6.07) is 6.37. The van der Waals surface area contributed by atoms with Crippen molar-refractivity contribution in [3.05, 3.63) is 46.8 Å². The second kappa shape index (κ2) is 6.23. The van der Waals surface area contributed by atoms with Crippen LogP contribution in [0.3, 0.4) is 0 Å². The zero-order chi connectivity index (χ0) is 14.7. The highest BCUT2D eigenvalue weighted by atomic mass is 15.3. The number of benzene rings is 1. The van der Waals surface area contributed by atoms with Gasteiger partial charge in [0.05, 0.1) is 11.9 Å². The number of hydrogen-bond donors (Lipinski definition) is 1. The first kappa shape index (κ1) is 14.8. The van der Waals surface area contributed by atoms with Gasteiger partial charge in [0.25, 0.3) is 0 Å². The summed E-state index contributed by atoms with van der Waals surface area (Å²) in [5.74, 6) is 0.671. The summed E-state index contributed by atoms with van der Waals surface area (Å²) in [5, 5.41) is 8.04. The van der Waals surface area contributed by atoms with E-state index in [1.54, 1.807) is 0 Å². The zero-order valence-electron chi connectivity index (χ0n) is 13.2. The predicted octanol–water partition coefficient (Wildman–Crippen LogP) is 3.54. The molecule has 1 aromatic heterocycles. The molecule has 1 heterocycles. The Hall–Kier alpha value is -1.61. The second-order valence-corrected chi connectivity index (χ2v) is 5.91. The van der Waals surface area contributed by atoms with Crippen LogP contribution in [0, 0.1) is 26.7 Å². The van der Waals surface area contributed by atoms with Gasteiger partial charge in [0, 0.05) is 17.8 Å². The minimum atomic E-state index is 0.671. The molecule has 2 rings (SSSR count). The molecule has 0 aliphatic rings. The van der Waals surface area contributed by atoms with Crippen LogP contribution in [-0.2, 0) is 6.54 Å². The molecule has 0 bridgehead atoms. The van der Waals surface area contributed by atoms with Crippen molar-refractivity contribution < 1.29 is 0 Å². The Morgan fingerprint density at radius 3 is 2.65 bits per heavy atom. The Bertz CT molecular complexity index is 582. The molecule has 0 spiro atoms. The molecule has 0 amide bonds. The number of nitrogens with zero attached hydrogens (tertiary/aromatic N) is 2. The number of nitrogens with one attached hydrogen (secondary N) is 1. The maximum absolute atomic E-state index is 4.56. The maximum Gasteiger partial charge on any atom is 0.0680 e. The zero-order valence-corrected chi connectivity index (χ0v) is 13.2. The molecule has 3 nitrogen and oxygen atoms in total. The van der Waals surface area contributed by atoms with Gasteiger partial charge in [0.1, 0.15) is 0 Å². The van der Waals surface area contributed by atoms with E-state index >= 15 is 0 Å². The third-order valence-corrected chi connectivity index (χ3v) is 3.78. The van der Waals surface area contributed by atoms with Crippen LogP contribution in [-0.4, -0.2) is 16.3 Å². The minimum Gasteiger partial charge on any atom is -0.312 e. The van der Waals surface area contributed by atoms with Crippen LogP contribution in [0.2, 0.25) is 0 Å². The summed E-state index contributed by atoms with van der Waals surface area (Å²) in [4.78, 5) is 0. The van der Waals surface area contributed by atoms with Crippen molar-refractivity contribution in [3.63, 3.8) is 0 Å². The molecule has 0 saturated carbocycles. The predicted molar refractivity (Wildman–Crippen MR) is 84.3 cm³/mol. The summed E-state index contributed by atoms with van der Waals surface area (Å²) in [5.41, 5.74) is 6.26. The topological polar surface area (TPSA) is 29.9 Å². The van der Waals surface area contributed by atoms with Gasteiger partial charge in [-0.15, -0.1) is 0 Å². The Labute approximate surface area is 122 Å². The number of rotatable bonds is 5. The van der Waals surface area contributed by atoms with E-state index in [-0.39, 0.29) is 0 Å². The SMILES string of the molecule is Cc1cccc(-n2ncc(CNCC(C)C)c2C)c1C. The third kappa shape index (κ3) is 3.10. The molecule has 0 saturated heterocycles. The molecule has 0 aliphatic carbocycles. The lowest BCUT2D eigenvalue weighted by Gasteiger charge is -2.11. The van der Waals surface area contributed by atoms with Gasteiger partial charge in [0.15, 0.2) is 0 Å². The first-order chi connectivity index (χ1) is 9.50. The summed E-state index contributed by atoms with van der Waals surface area (Å²) in [6.45, 7) is 12.8. The third-order valence-electron chi connectivity index (χ3n) is 3.78. The fourth-order valence-corrected chi connectivity index (χ4v) is 2.32. The monoisotopic (exact) mass is 271 g/mol. The molecule has 0 atom stereocenters. The Balaban J connectivity index is 2.22. The fourth-order valence-electron chi connectivity index (χ4n) is 2.32. The van der Waals surface area contributed by atoms with E-state index in [0.717, 1.165) is 13.1 Å². The van der Waals surface area contributed by atoms with Crippen LogP contribution in [0.15, 0.2) is 24.4 Å². The van der Waals surface area contributed by atoms with E-state index in [9.17, 15) is 0 Å². The van der Waals surface area contributed by atoms with E-state index in [4.69, 9.17) is 0 Å². The van der Waals surface area contributed by atoms with Gasteiger partial charge in [-0.2, -0.15) is 5.10 Å². The average Bonchev–Trinajstić information content (AvgIpc) is 2.74. The summed E-state index contributed by atoms with van der Waals surface area (Å²) in [6.07, 6.45) is 1.98. The highest BCUT2D eigenvalue weighted by Gasteiger charge is 2.10. The number of aryl methyl sites for hydroxylation is 1. The van der Waals surface area contributed by atoms with Gasteiger partial charge in [-0.1, -0.05) is 26.0 Å². The molecule has 0 unspecified atom stereocenters. The van der Waals surface area contributed by atoms with E-state index < -0.39 is 0 Å². The lowest BCUT2D eigenvalue weighted by molar-refractivity contribution is 0.551. The molecule has 2 aromatic rings. The van der Waals surface area contributed by atoms with E-state index in [1.807, 2.05) is 6.20 Å². The van der Waals surface area contributed by atoms with Gasteiger partial charge in [-0.3, -0.25) is 0 Å². The molecular formula is C17H25N3. The van der Waals surface area contributed by atoms with Crippen LogP contribution in [0.5, 0.6) is 0 Å².